The predicted octanol–water partition coefficient (Wildman–Crippen LogP) is -0.388. The lowest BCUT2D eigenvalue weighted by Crippen LogP contribution is -2.19. The maximum atomic E-state index is 11.0. The maximum Gasteiger partial charge on any atom is 0.342 e. The van der Waals surface area contributed by atoms with Crippen LogP contribution >= 0.6 is 12.2 Å². The SMILES string of the molecule is CS(=O)CCn1c(=O)[nH][nH]c1=S. The van der Waals surface area contributed by atoms with Crippen molar-refractivity contribution in [3.05, 3.63) is 15.3 Å². The van der Waals surface area contributed by atoms with E-state index in [9.17, 15) is 9.00 Å². The molecule has 0 fully saturated rings. The standard InChI is InChI=1S/C5H9N3O2S2/c1-12(10)3-2-8-4(9)6-7-5(8)11/h2-3H2,1H3,(H,6,9)(H,7,11). The van der Waals surface area contributed by atoms with Crippen LogP contribution in [0.15, 0.2) is 4.79 Å². The first-order chi connectivity index (χ1) is 5.61. The first-order valence-electron chi connectivity index (χ1n) is 3.29. The van der Waals surface area contributed by atoms with Crippen LogP contribution in [0.1, 0.15) is 0 Å². The summed E-state index contributed by atoms with van der Waals surface area (Å²) < 4.78 is 12.4. The van der Waals surface area contributed by atoms with Crippen molar-refractivity contribution in [3.8, 4) is 0 Å². The lowest BCUT2D eigenvalue weighted by Gasteiger charge is -1.95. The van der Waals surface area contributed by atoms with Crippen molar-refractivity contribution in [2.24, 2.45) is 0 Å². The van der Waals surface area contributed by atoms with E-state index in [0.717, 1.165) is 0 Å². The molecule has 0 radical (unpaired) electrons. The van der Waals surface area contributed by atoms with Crippen LogP contribution in [0.25, 0.3) is 0 Å². The molecule has 12 heavy (non-hydrogen) atoms. The zero-order valence-corrected chi connectivity index (χ0v) is 8.13. The summed E-state index contributed by atoms with van der Waals surface area (Å²) >= 11 is 4.80. The third-order valence-electron chi connectivity index (χ3n) is 1.37. The molecule has 0 spiro atoms. The molecule has 68 valence electrons. The van der Waals surface area contributed by atoms with Gasteiger partial charge in [0.1, 0.15) is 0 Å². The van der Waals surface area contributed by atoms with Crippen molar-refractivity contribution in [2.45, 2.75) is 6.54 Å². The second-order valence-electron chi connectivity index (χ2n) is 2.29. The van der Waals surface area contributed by atoms with Crippen LogP contribution in [0.5, 0.6) is 0 Å². The average molecular weight is 207 g/mol. The fraction of sp³-hybridized carbons (Fsp3) is 0.600. The van der Waals surface area contributed by atoms with Crippen LogP contribution in [-0.4, -0.2) is 31.0 Å². The van der Waals surface area contributed by atoms with Crippen molar-refractivity contribution >= 4 is 23.0 Å². The second-order valence-corrected chi connectivity index (χ2v) is 4.23. The van der Waals surface area contributed by atoms with Crippen LogP contribution in [0.4, 0.5) is 0 Å². The van der Waals surface area contributed by atoms with Gasteiger partial charge in [-0.2, -0.15) is 0 Å². The van der Waals surface area contributed by atoms with Crippen molar-refractivity contribution in [1.29, 1.82) is 0 Å². The summed E-state index contributed by atoms with van der Waals surface area (Å²) in [6, 6.07) is 0. The monoisotopic (exact) mass is 207 g/mol. The summed E-state index contributed by atoms with van der Waals surface area (Å²) in [6.07, 6.45) is 1.59. The van der Waals surface area contributed by atoms with E-state index >= 15 is 0 Å². The van der Waals surface area contributed by atoms with Crippen molar-refractivity contribution in [3.63, 3.8) is 0 Å². The van der Waals surface area contributed by atoms with E-state index in [-0.39, 0.29) is 5.69 Å². The molecule has 0 saturated heterocycles. The highest BCUT2D eigenvalue weighted by molar-refractivity contribution is 7.84. The fourth-order valence-electron chi connectivity index (χ4n) is 0.757. The molecule has 0 bridgehead atoms. The Bertz CT molecular complexity index is 360. The number of hydrogen-bond donors (Lipinski definition) is 2. The van der Waals surface area contributed by atoms with Crippen LogP contribution < -0.4 is 5.69 Å². The molecule has 0 aliphatic rings. The number of H-pyrrole nitrogens is 2. The molecule has 1 atom stereocenters. The second kappa shape index (κ2) is 3.81. The molecule has 1 heterocycles. The van der Waals surface area contributed by atoms with E-state index in [1.165, 1.54) is 4.57 Å². The molecule has 1 unspecified atom stereocenters. The Morgan fingerprint density at radius 3 is 2.67 bits per heavy atom. The van der Waals surface area contributed by atoms with Crippen LogP contribution in [0.3, 0.4) is 0 Å². The molecule has 7 heteroatoms. The summed E-state index contributed by atoms with van der Waals surface area (Å²) in [5.41, 5.74) is -0.287. The van der Waals surface area contributed by atoms with Gasteiger partial charge in [-0.3, -0.25) is 13.9 Å². The zero-order valence-electron chi connectivity index (χ0n) is 6.49. The molecule has 5 nitrogen and oxygen atoms in total. The molecule has 1 rings (SSSR count). The predicted molar refractivity (Wildman–Crippen MR) is 49.2 cm³/mol. The van der Waals surface area contributed by atoms with Gasteiger partial charge in [0.15, 0.2) is 4.77 Å². The van der Waals surface area contributed by atoms with Gasteiger partial charge in [0.2, 0.25) is 0 Å². The molecular formula is C5H9N3O2S2. The van der Waals surface area contributed by atoms with Crippen LogP contribution in [0, 0.1) is 4.77 Å². The molecule has 2 N–H and O–H groups in total. The Balaban J connectivity index is 2.82. The van der Waals surface area contributed by atoms with Gasteiger partial charge in [0.25, 0.3) is 0 Å². The number of rotatable bonds is 3. The van der Waals surface area contributed by atoms with Gasteiger partial charge in [0.05, 0.1) is 0 Å². The maximum absolute atomic E-state index is 11.0. The molecule has 0 saturated carbocycles. The van der Waals surface area contributed by atoms with Gasteiger partial charge in [0, 0.05) is 29.4 Å². The van der Waals surface area contributed by atoms with Crippen molar-refractivity contribution in [2.75, 3.05) is 12.0 Å². The van der Waals surface area contributed by atoms with E-state index in [1.807, 2.05) is 0 Å². The quantitative estimate of drug-likeness (QED) is 0.663. The molecule has 0 aromatic carbocycles. The van der Waals surface area contributed by atoms with Gasteiger partial charge in [-0.05, 0) is 12.2 Å². The Morgan fingerprint density at radius 2 is 2.25 bits per heavy atom. The highest BCUT2D eigenvalue weighted by atomic mass is 32.2. The smallest absolute Gasteiger partial charge is 0.272 e. The summed E-state index contributed by atoms with van der Waals surface area (Å²) in [5, 5.41) is 4.84. The Morgan fingerprint density at radius 1 is 1.58 bits per heavy atom. The summed E-state index contributed by atoms with van der Waals surface area (Å²) in [7, 11) is -0.901. The molecule has 0 aliphatic carbocycles. The number of hydrogen-bond acceptors (Lipinski definition) is 3. The lowest BCUT2D eigenvalue weighted by molar-refractivity contribution is 0.671. The molecule has 1 aromatic heterocycles. The minimum Gasteiger partial charge on any atom is -0.272 e. The van der Waals surface area contributed by atoms with Gasteiger partial charge < -0.3 is 0 Å². The highest BCUT2D eigenvalue weighted by Gasteiger charge is 1.99. The Kier molecular flexibility index (Phi) is 2.99. The van der Waals surface area contributed by atoms with Gasteiger partial charge >= 0.3 is 5.69 Å². The first-order valence-corrected chi connectivity index (χ1v) is 5.42. The third kappa shape index (κ3) is 2.15. The van der Waals surface area contributed by atoms with E-state index in [0.29, 0.717) is 17.1 Å². The van der Waals surface area contributed by atoms with Crippen LogP contribution in [-0.2, 0) is 17.3 Å². The summed E-state index contributed by atoms with van der Waals surface area (Å²) in [5.74, 6) is 0.440. The largest absolute Gasteiger partial charge is 0.342 e. The van der Waals surface area contributed by atoms with Crippen LogP contribution in [0.2, 0.25) is 0 Å². The Hall–Kier alpha value is -0.690. The summed E-state index contributed by atoms with van der Waals surface area (Å²) in [4.78, 5) is 11.0. The normalized spacial score (nSPS) is 13.1. The molecule has 0 amide bonds. The highest BCUT2D eigenvalue weighted by Crippen LogP contribution is 1.83. The fourth-order valence-corrected chi connectivity index (χ4v) is 1.42. The number of aromatic nitrogens is 3. The van der Waals surface area contributed by atoms with E-state index in [4.69, 9.17) is 12.2 Å². The van der Waals surface area contributed by atoms with Gasteiger partial charge in [-0.15, -0.1) is 0 Å². The first kappa shape index (κ1) is 9.40. The minimum absolute atomic E-state index is 0.287. The topological polar surface area (TPSA) is 70.7 Å². The van der Waals surface area contributed by atoms with E-state index in [1.54, 1.807) is 6.26 Å². The zero-order chi connectivity index (χ0) is 9.14. The number of nitrogens with zero attached hydrogens (tertiary/aromatic N) is 1. The van der Waals surface area contributed by atoms with Crippen molar-refractivity contribution in [1.82, 2.24) is 14.8 Å². The van der Waals surface area contributed by atoms with E-state index in [2.05, 4.69) is 10.2 Å². The average Bonchev–Trinajstić information content (AvgIpc) is 2.28. The molecule has 0 aliphatic heterocycles. The lowest BCUT2D eigenvalue weighted by atomic mass is 10.7. The van der Waals surface area contributed by atoms with Crippen molar-refractivity contribution < 1.29 is 4.21 Å². The summed E-state index contributed by atoms with van der Waals surface area (Å²) in [6.45, 7) is 0.390. The number of aromatic amines is 2. The molecule has 1 aromatic rings. The molecular weight excluding hydrogens is 198 g/mol. The van der Waals surface area contributed by atoms with E-state index < -0.39 is 10.8 Å². The van der Waals surface area contributed by atoms with Gasteiger partial charge in [-0.25, -0.2) is 9.89 Å². The minimum atomic E-state index is -0.901. The Labute approximate surface area is 76.2 Å². The number of nitrogens with one attached hydrogen (secondary N) is 2. The van der Waals surface area contributed by atoms with Gasteiger partial charge in [-0.1, -0.05) is 0 Å². The third-order valence-corrected chi connectivity index (χ3v) is 2.45.